The molecule has 0 aromatic heterocycles. The lowest BCUT2D eigenvalue weighted by molar-refractivity contribution is 1.50. The number of fused-ring (bicyclic) bond motifs is 4. The van der Waals surface area contributed by atoms with Crippen LogP contribution >= 0.6 is 0 Å². The molecule has 7 aromatic carbocycles. The highest BCUT2D eigenvalue weighted by Crippen LogP contribution is 2.45. The number of nitrogens with zero attached hydrogens (tertiary/aromatic N) is 1. The van der Waals surface area contributed by atoms with E-state index in [0.717, 1.165) is 16.3 Å². The Kier molecular flexibility index (Phi) is 4.59. The summed E-state index contributed by atoms with van der Waals surface area (Å²) >= 11 is 0. The van der Waals surface area contributed by atoms with Crippen molar-refractivity contribution < 1.29 is 0 Å². The molecule has 0 bridgehead atoms. The minimum Gasteiger partial charge on any atom is -0.192 e. The summed E-state index contributed by atoms with van der Waals surface area (Å²) in [4.78, 5) is 0. The quantitative estimate of drug-likeness (QED) is 0.238. The largest absolute Gasteiger partial charge is 0.192 e. The topological polar surface area (TPSA) is 23.8 Å². The summed E-state index contributed by atoms with van der Waals surface area (Å²) in [6.45, 7) is 0. The normalized spacial score (nSPS) is 11.3. The van der Waals surface area contributed by atoms with Crippen molar-refractivity contribution in [1.29, 1.82) is 5.26 Å². The lowest BCUT2D eigenvalue weighted by atomic mass is 9.84. The van der Waals surface area contributed by atoms with Crippen molar-refractivity contribution in [3.8, 4) is 28.3 Å². The molecule has 0 aliphatic rings. The van der Waals surface area contributed by atoms with E-state index in [1.807, 2.05) is 18.2 Å². The van der Waals surface area contributed by atoms with E-state index in [2.05, 4.69) is 115 Å². The molecule has 0 saturated carbocycles. The van der Waals surface area contributed by atoms with E-state index in [4.69, 9.17) is 0 Å². The third-order valence-corrected chi connectivity index (χ3v) is 7.28. The summed E-state index contributed by atoms with van der Waals surface area (Å²) in [5, 5.41) is 19.2. The van der Waals surface area contributed by atoms with Crippen molar-refractivity contribution in [1.82, 2.24) is 0 Å². The summed E-state index contributed by atoms with van der Waals surface area (Å²) in [6.07, 6.45) is 0. The van der Waals surface area contributed by atoms with Crippen LogP contribution in [0.5, 0.6) is 0 Å². The maximum Gasteiger partial charge on any atom is 0.0998 e. The van der Waals surface area contributed by atoms with Crippen LogP contribution in [0.1, 0.15) is 5.56 Å². The molecule has 0 atom stereocenters. The fourth-order valence-electron chi connectivity index (χ4n) is 5.69. The molecule has 166 valence electrons. The molecule has 36 heavy (non-hydrogen) atoms. The Balaban J connectivity index is 1.65. The third-order valence-electron chi connectivity index (χ3n) is 7.28. The molecule has 0 saturated heterocycles. The molecular weight excluding hydrogens is 434 g/mol. The van der Waals surface area contributed by atoms with Gasteiger partial charge in [-0.1, -0.05) is 115 Å². The van der Waals surface area contributed by atoms with E-state index in [1.165, 1.54) is 49.0 Å². The molecule has 7 aromatic rings. The molecule has 0 heterocycles. The van der Waals surface area contributed by atoms with Crippen LogP contribution in [-0.2, 0) is 0 Å². The van der Waals surface area contributed by atoms with Crippen LogP contribution in [0.4, 0.5) is 0 Å². The molecule has 0 aliphatic heterocycles. The monoisotopic (exact) mass is 455 g/mol. The van der Waals surface area contributed by atoms with E-state index < -0.39 is 0 Å². The Labute approximate surface area is 209 Å². The third kappa shape index (κ3) is 3.02. The minimum absolute atomic E-state index is 0.704. The van der Waals surface area contributed by atoms with Crippen LogP contribution in [0.3, 0.4) is 0 Å². The van der Waals surface area contributed by atoms with Crippen LogP contribution in [0.15, 0.2) is 127 Å². The van der Waals surface area contributed by atoms with Gasteiger partial charge in [-0.2, -0.15) is 5.26 Å². The standard InChI is InChI=1S/C35H21N/c36-22-26-19-20-33(28-12-4-3-11-27(26)28)35-31-15-7-5-13-29(31)34(30-14-6-8-16-32(30)35)25-18-17-23-9-1-2-10-24(23)21-25/h1-21H. The lowest BCUT2D eigenvalue weighted by Crippen LogP contribution is -1.92. The molecule has 1 heteroatoms. The summed E-state index contributed by atoms with van der Waals surface area (Å²) in [7, 11) is 0. The van der Waals surface area contributed by atoms with Gasteiger partial charge >= 0.3 is 0 Å². The van der Waals surface area contributed by atoms with Crippen LogP contribution in [0.25, 0.3) is 65.3 Å². The van der Waals surface area contributed by atoms with Crippen LogP contribution in [0.2, 0.25) is 0 Å². The zero-order valence-electron chi connectivity index (χ0n) is 19.6. The van der Waals surface area contributed by atoms with Crippen molar-refractivity contribution in [2.24, 2.45) is 0 Å². The maximum absolute atomic E-state index is 9.73. The van der Waals surface area contributed by atoms with Crippen molar-refractivity contribution in [3.05, 3.63) is 133 Å². The first-order valence-electron chi connectivity index (χ1n) is 12.2. The van der Waals surface area contributed by atoms with Crippen molar-refractivity contribution in [2.75, 3.05) is 0 Å². The fourth-order valence-corrected chi connectivity index (χ4v) is 5.69. The molecule has 1 nitrogen and oxygen atoms in total. The highest BCUT2D eigenvalue weighted by molar-refractivity contribution is 6.24. The Morgan fingerprint density at radius 2 is 0.944 bits per heavy atom. The molecule has 0 amide bonds. The van der Waals surface area contributed by atoms with Gasteiger partial charge in [0.1, 0.15) is 0 Å². The number of rotatable bonds is 2. The Morgan fingerprint density at radius 3 is 1.58 bits per heavy atom. The highest BCUT2D eigenvalue weighted by atomic mass is 14.3. The SMILES string of the molecule is N#Cc1ccc(-c2c3ccccc3c(-c3ccc4ccccc4c3)c3ccccc23)c2ccccc12. The maximum atomic E-state index is 9.73. The summed E-state index contributed by atoms with van der Waals surface area (Å²) in [5.74, 6) is 0. The first kappa shape index (κ1) is 20.4. The number of nitriles is 1. The smallest absolute Gasteiger partial charge is 0.0998 e. The van der Waals surface area contributed by atoms with Crippen molar-refractivity contribution in [3.63, 3.8) is 0 Å². The first-order chi connectivity index (χ1) is 17.8. The predicted molar refractivity (Wildman–Crippen MR) is 152 cm³/mol. The zero-order valence-corrected chi connectivity index (χ0v) is 19.6. The highest BCUT2D eigenvalue weighted by Gasteiger charge is 2.18. The van der Waals surface area contributed by atoms with Gasteiger partial charge in [0, 0.05) is 5.39 Å². The van der Waals surface area contributed by atoms with Gasteiger partial charge in [-0.25, -0.2) is 0 Å². The van der Waals surface area contributed by atoms with Gasteiger partial charge in [0.2, 0.25) is 0 Å². The zero-order chi connectivity index (χ0) is 24.1. The van der Waals surface area contributed by atoms with Gasteiger partial charge in [0.25, 0.3) is 0 Å². The van der Waals surface area contributed by atoms with Crippen molar-refractivity contribution >= 4 is 43.1 Å². The van der Waals surface area contributed by atoms with Gasteiger partial charge in [0.05, 0.1) is 11.6 Å². The van der Waals surface area contributed by atoms with Gasteiger partial charge in [0.15, 0.2) is 0 Å². The number of benzene rings is 7. The van der Waals surface area contributed by atoms with Gasteiger partial charge in [-0.05, 0) is 72.1 Å². The van der Waals surface area contributed by atoms with Gasteiger partial charge in [-0.15, -0.1) is 0 Å². The van der Waals surface area contributed by atoms with E-state index in [0.29, 0.717) is 5.56 Å². The van der Waals surface area contributed by atoms with Gasteiger partial charge < -0.3 is 0 Å². The van der Waals surface area contributed by atoms with E-state index in [1.54, 1.807) is 0 Å². The molecule has 0 unspecified atom stereocenters. The second-order valence-corrected chi connectivity index (χ2v) is 9.22. The lowest BCUT2D eigenvalue weighted by Gasteiger charge is -2.19. The van der Waals surface area contributed by atoms with Crippen LogP contribution in [-0.4, -0.2) is 0 Å². The Bertz CT molecular complexity index is 1950. The minimum atomic E-state index is 0.704. The molecule has 0 fully saturated rings. The van der Waals surface area contributed by atoms with Gasteiger partial charge in [-0.3, -0.25) is 0 Å². The summed E-state index contributed by atoms with van der Waals surface area (Å²) in [5.41, 5.74) is 5.55. The average Bonchev–Trinajstić information content (AvgIpc) is 2.95. The summed E-state index contributed by atoms with van der Waals surface area (Å²) in [6, 6.07) is 47.4. The van der Waals surface area contributed by atoms with E-state index >= 15 is 0 Å². The molecule has 0 radical (unpaired) electrons. The second kappa shape index (κ2) is 8.08. The molecule has 7 rings (SSSR count). The second-order valence-electron chi connectivity index (χ2n) is 9.22. The average molecular weight is 456 g/mol. The van der Waals surface area contributed by atoms with E-state index in [-0.39, 0.29) is 0 Å². The number of hydrogen-bond acceptors (Lipinski definition) is 1. The first-order valence-corrected chi connectivity index (χ1v) is 12.2. The summed E-state index contributed by atoms with van der Waals surface area (Å²) < 4.78 is 0. The Morgan fingerprint density at radius 1 is 0.417 bits per heavy atom. The van der Waals surface area contributed by atoms with Crippen molar-refractivity contribution in [2.45, 2.75) is 0 Å². The van der Waals surface area contributed by atoms with Crippen LogP contribution in [0, 0.1) is 11.3 Å². The van der Waals surface area contributed by atoms with E-state index in [9.17, 15) is 5.26 Å². The number of hydrogen-bond donors (Lipinski definition) is 0. The van der Waals surface area contributed by atoms with Crippen LogP contribution < -0.4 is 0 Å². The predicted octanol–water partition coefficient (Wildman–Crippen LogP) is 9.51. The Hall–Kier alpha value is -4.93. The molecule has 0 N–H and O–H groups in total. The fraction of sp³-hybridized carbons (Fsp3) is 0. The molecule has 0 aliphatic carbocycles. The molecular formula is C35H21N. The molecule has 0 spiro atoms.